The van der Waals surface area contributed by atoms with E-state index in [2.05, 4.69) is 5.32 Å². The predicted octanol–water partition coefficient (Wildman–Crippen LogP) is 4.81. The Morgan fingerprint density at radius 1 is 1.17 bits per heavy atom. The fourth-order valence-corrected chi connectivity index (χ4v) is 3.10. The number of amides is 2. The second-order valence-electron chi connectivity index (χ2n) is 6.15. The number of carbonyl (C=O) groups excluding carboxylic acids is 1. The molecule has 1 fully saturated rings. The van der Waals surface area contributed by atoms with E-state index in [1.54, 1.807) is 12.1 Å². The molecular weight excluding hydrogens is 291 g/mol. The van der Waals surface area contributed by atoms with Crippen LogP contribution in [0, 0.1) is 19.7 Å². The maximum absolute atomic E-state index is 13.1. The Kier molecular flexibility index (Phi) is 4.33. The number of benzene rings is 2. The summed E-state index contributed by atoms with van der Waals surface area (Å²) in [5.41, 5.74) is 3.99. The van der Waals surface area contributed by atoms with Gasteiger partial charge in [-0.1, -0.05) is 24.3 Å². The zero-order chi connectivity index (χ0) is 16.4. The van der Waals surface area contributed by atoms with Gasteiger partial charge in [0.1, 0.15) is 5.82 Å². The van der Waals surface area contributed by atoms with Crippen LogP contribution in [0.2, 0.25) is 0 Å². The molecule has 1 N–H and O–H groups in total. The largest absolute Gasteiger partial charge is 0.322 e. The van der Waals surface area contributed by atoms with Crippen molar-refractivity contribution in [2.24, 2.45) is 0 Å². The average Bonchev–Trinajstić information content (AvgIpc) is 3.01. The van der Waals surface area contributed by atoms with Crippen LogP contribution in [0.4, 0.5) is 14.9 Å². The van der Waals surface area contributed by atoms with E-state index in [9.17, 15) is 9.18 Å². The first-order valence-corrected chi connectivity index (χ1v) is 7.95. The smallest absolute Gasteiger partial charge is 0.317 e. The van der Waals surface area contributed by atoms with E-state index >= 15 is 0 Å². The molecule has 1 atom stereocenters. The van der Waals surface area contributed by atoms with Crippen LogP contribution in [0.15, 0.2) is 42.5 Å². The van der Waals surface area contributed by atoms with Gasteiger partial charge in [0.2, 0.25) is 0 Å². The van der Waals surface area contributed by atoms with Crippen LogP contribution < -0.4 is 5.32 Å². The third-order valence-electron chi connectivity index (χ3n) is 4.40. The van der Waals surface area contributed by atoms with E-state index in [0.29, 0.717) is 0 Å². The van der Waals surface area contributed by atoms with Gasteiger partial charge in [-0.2, -0.15) is 0 Å². The Balaban J connectivity index is 1.78. The van der Waals surface area contributed by atoms with Crippen LogP contribution in [0.5, 0.6) is 0 Å². The van der Waals surface area contributed by atoms with Gasteiger partial charge < -0.3 is 10.2 Å². The van der Waals surface area contributed by atoms with E-state index in [0.717, 1.165) is 41.8 Å². The lowest BCUT2D eigenvalue weighted by Crippen LogP contribution is -2.34. The number of halogens is 1. The summed E-state index contributed by atoms with van der Waals surface area (Å²) in [5.74, 6) is -0.252. The number of nitrogens with one attached hydrogen (secondary N) is 1. The number of aryl methyl sites for hydroxylation is 2. The van der Waals surface area contributed by atoms with Crippen LogP contribution in [0.3, 0.4) is 0 Å². The Bertz CT molecular complexity index is 712. The molecule has 1 aliphatic rings. The van der Waals surface area contributed by atoms with Gasteiger partial charge in [0.25, 0.3) is 0 Å². The third-order valence-corrected chi connectivity index (χ3v) is 4.40. The van der Waals surface area contributed by atoms with Gasteiger partial charge in [-0.25, -0.2) is 9.18 Å². The van der Waals surface area contributed by atoms with E-state index in [1.165, 1.54) is 12.1 Å². The second-order valence-corrected chi connectivity index (χ2v) is 6.15. The van der Waals surface area contributed by atoms with Crippen molar-refractivity contribution in [2.45, 2.75) is 32.7 Å². The molecule has 1 heterocycles. The molecule has 0 unspecified atom stereocenters. The zero-order valence-corrected chi connectivity index (χ0v) is 13.5. The molecule has 23 heavy (non-hydrogen) atoms. The van der Waals surface area contributed by atoms with Gasteiger partial charge >= 0.3 is 6.03 Å². The number of anilines is 1. The van der Waals surface area contributed by atoms with Crippen molar-refractivity contribution in [3.63, 3.8) is 0 Å². The van der Waals surface area contributed by atoms with Crippen LogP contribution in [0.1, 0.15) is 35.6 Å². The Morgan fingerprint density at radius 3 is 2.65 bits per heavy atom. The number of carbonyl (C=O) groups is 1. The van der Waals surface area contributed by atoms with Crippen molar-refractivity contribution in [1.82, 2.24) is 4.90 Å². The number of hydrogen-bond acceptors (Lipinski definition) is 1. The summed E-state index contributed by atoms with van der Waals surface area (Å²) >= 11 is 0. The maximum Gasteiger partial charge on any atom is 0.322 e. The van der Waals surface area contributed by atoms with Gasteiger partial charge in [0, 0.05) is 12.2 Å². The number of likely N-dealkylation sites (tertiary alicyclic amines) is 1. The Labute approximate surface area is 136 Å². The molecule has 1 saturated heterocycles. The zero-order valence-electron chi connectivity index (χ0n) is 13.5. The topological polar surface area (TPSA) is 32.3 Å². The summed E-state index contributed by atoms with van der Waals surface area (Å²) in [7, 11) is 0. The lowest BCUT2D eigenvalue weighted by Gasteiger charge is -2.26. The van der Waals surface area contributed by atoms with Crippen molar-refractivity contribution < 1.29 is 9.18 Å². The highest BCUT2D eigenvalue weighted by atomic mass is 19.1. The molecule has 2 aromatic carbocycles. The number of nitrogens with zero attached hydrogens (tertiary/aromatic N) is 1. The van der Waals surface area contributed by atoms with Gasteiger partial charge in [0.15, 0.2) is 0 Å². The van der Waals surface area contributed by atoms with Crippen molar-refractivity contribution in [3.05, 3.63) is 65.0 Å². The fraction of sp³-hybridized carbons (Fsp3) is 0.316. The molecule has 0 bridgehead atoms. The van der Waals surface area contributed by atoms with E-state index in [4.69, 9.17) is 0 Å². The molecular formula is C19H21FN2O. The highest BCUT2D eigenvalue weighted by Crippen LogP contribution is 2.32. The summed E-state index contributed by atoms with van der Waals surface area (Å²) in [6.07, 6.45) is 1.87. The molecule has 2 amide bonds. The highest BCUT2D eigenvalue weighted by Gasteiger charge is 2.30. The molecule has 3 rings (SSSR count). The third kappa shape index (κ3) is 3.36. The number of hydrogen-bond donors (Lipinski definition) is 1. The molecule has 0 radical (unpaired) electrons. The average molecular weight is 312 g/mol. The van der Waals surface area contributed by atoms with E-state index in [1.807, 2.05) is 36.9 Å². The second kappa shape index (κ2) is 6.41. The minimum atomic E-state index is -0.252. The first-order valence-electron chi connectivity index (χ1n) is 7.95. The monoisotopic (exact) mass is 312 g/mol. The van der Waals surface area contributed by atoms with E-state index < -0.39 is 0 Å². The molecule has 1 aliphatic heterocycles. The van der Waals surface area contributed by atoms with Crippen LogP contribution in [-0.4, -0.2) is 17.5 Å². The molecule has 120 valence electrons. The first kappa shape index (κ1) is 15.5. The fourth-order valence-electron chi connectivity index (χ4n) is 3.10. The SMILES string of the molecule is Cc1ccc(C)c(NC(=O)N2CCC[C@H]2c2ccc(F)cc2)c1. The lowest BCUT2D eigenvalue weighted by atomic mass is 10.0. The molecule has 2 aromatic rings. The van der Waals surface area contributed by atoms with Gasteiger partial charge in [0.05, 0.1) is 6.04 Å². The van der Waals surface area contributed by atoms with Crippen LogP contribution in [-0.2, 0) is 0 Å². The Morgan fingerprint density at radius 2 is 1.91 bits per heavy atom. The highest BCUT2D eigenvalue weighted by molar-refractivity contribution is 5.90. The lowest BCUT2D eigenvalue weighted by molar-refractivity contribution is 0.207. The standard InChI is InChI=1S/C19H21FN2O/c1-13-5-6-14(2)17(12-13)21-19(23)22-11-3-4-18(22)15-7-9-16(20)10-8-15/h5-10,12,18H,3-4,11H2,1-2H3,(H,21,23)/t18-/m0/s1. The van der Waals surface area contributed by atoms with E-state index in [-0.39, 0.29) is 17.9 Å². The van der Waals surface area contributed by atoms with Crippen molar-refractivity contribution >= 4 is 11.7 Å². The molecule has 0 saturated carbocycles. The molecule has 0 aliphatic carbocycles. The van der Waals surface area contributed by atoms with Gasteiger partial charge in [-0.3, -0.25) is 0 Å². The predicted molar refractivity (Wildman–Crippen MR) is 90.0 cm³/mol. The first-order chi connectivity index (χ1) is 11.0. The quantitative estimate of drug-likeness (QED) is 0.848. The summed E-state index contributed by atoms with van der Waals surface area (Å²) in [4.78, 5) is 14.5. The minimum Gasteiger partial charge on any atom is -0.317 e. The minimum absolute atomic E-state index is 0.0146. The van der Waals surface area contributed by atoms with Crippen molar-refractivity contribution in [2.75, 3.05) is 11.9 Å². The summed E-state index contributed by atoms with van der Waals surface area (Å²) < 4.78 is 13.1. The summed E-state index contributed by atoms with van der Waals surface area (Å²) in [6, 6.07) is 12.4. The molecule has 0 aromatic heterocycles. The molecule has 4 heteroatoms. The van der Waals surface area contributed by atoms with Crippen LogP contribution in [0.25, 0.3) is 0 Å². The van der Waals surface area contributed by atoms with Gasteiger partial charge in [-0.15, -0.1) is 0 Å². The maximum atomic E-state index is 13.1. The summed E-state index contributed by atoms with van der Waals surface area (Å²) in [5, 5.41) is 3.02. The normalized spacial score (nSPS) is 17.3. The van der Waals surface area contributed by atoms with Gasteiger partial charge in [-0.05, 0) is 61.6 Å². The molecule has 0 spiro atoms. The number of urea groups is 1. The van der Waals surface area contributed by atoms with Crippen molar-refractivity contribution in [1.29, 1.82) is 0 Å². The van der Waals surface area contributed by atoms with Crippen LogP contribution >= 0.6 is 0 Å². The molecule has 3 nitrogen and oxygen atoms in total. The van der Waals surface area contributed by atoms with Crippen molar-refractivity contribution in [3.8, 4) is 0 Å². The summed E-state index contributed by atoms with van der Waals surface area (Å²) in [6.45, 7) is 4.71. The Hall–Kier alpha value is -2.36. The number of rotatable bonds is 2.